The molecule has 0 unspecified atom stereocenters. The molecule has 0 fully saturated rings. The van der Waals surface area contributed by atoms with Crippen LogP contribution in [0, 0.1) is 0 Å². The van der Waals surface area contributed by atoms with Crippen molar-refractivity contribution in [3.8, 4) is 16.9 Å². The van der Waals surface area contributed by atoms with Crippen LogP contribution in [0.5, 0.6) is 5.75 Å². The molecule has 180 valence electrons. The van der Waals surface area contributed by atoms with Crippen molar-refractivity contribution in [1.29, 1.82) is 0 Å². The van der Waals surface area contributed by atoms with E-state index in [4.69, 9.17) is 32.7 Å². The van der Waals surface area contributed by atoms with Gasteiger partial charge in [0.25, 0.3) is 0 Å². The fourth-order valence-corrected chi connectivity index (χ4v) is 4.85. The van der Waals surface area contributed by atoms with Gasteiger partial charge in [-0.15, -0.1) is 0 Å². The fraction of sp³-hybridized carbons (Fsp3) is 0.0741. The van der Waals surface area contributed by atoms with E-state index in [1.807, 2.05) is 0 Å². The Kier molecular flexibility index (Phi) is 5.82. The summed E-state index contributed by atoms with van der Waals surface area (Å²) in [5.41, 5.74) is 1.13. The summed E-state index contributed by atoms with van der Waals surface area (Å²) in [6, 6.07) is 14.2. The minimum atomic E-state index is -1.15. The van der Waals surface area contributed by atoms with Crippen LogP contribution in [0.25, 0.3) is 43.8 Å². The smallest absolute Gasteiger partial charge is 0.336 e. The summed E-state index contributed by atoms with van der Waals surface area (Å²) in [4.78, 5) is 35.4. The molecule has 9 heteroatoms. The number of hydrogen-bond donors (Lipinski definition) is 3. The van der Waals surface area contributed by atoms with Crippen LogP contribution in [-0.2, 0) is 11.2 Å². The number of aryl methyl sites for hydroxylation is 1. The standard InChI is InChI=1S/C27H16Cl2O7/c28-19-11-17-12(10-20(19)30)5-7-16-22(14-3-1-2-4-15(14)27(34)35)18-9-13(6-8-21(31)32)24(33)23(29)26(18)36-25(16)17/h1-5,7,9-11,33H,6,8H2,(H,31,32)(H,34,35). The molecule has 4 aromatic carbocycles. The molecule has 0 saturated carbocycles. The van der Waals surface area contributed by atoms with E-state index >= 15 is 0 Å². The van der Waals surface area contributed by atoms with Crippen LogP contribution in [0.15, 0.2) is 63.8 Å². The second kappa shape index (κ2) is 8.86. The first-order chi connectivity index (χ1) is 17.2. The lowest BCUT2D eigenvalue weighted by atomic mass is 9.91. The minimum Gasteiger partial charge on any atom is -0.506 e. The second-order valence-corrected chi connectivity index (χ2v) is 9.03. The maximum atomic E-state index is 12.1. The highest BCUT2D eigenvalue weighted by atomic mass is 35.5. The Morgan fingerprint density at radius 2 is 1.64 bits per heavy atom. The number of carboxylic acid groups (broad SMARTS) is 2. The van der Waals surface area contributed by atoms with Crippen molar-refractivity contribution in [2.45, 2.75) is 12.8 Å². The molecule has 0 bridgehead atoms. The summed E-state index contributed by atoms with van der Waals surface area (Å²) in [5.74, 6) is -2.53. The molecule has 0 amide bonds. The Labute approximate surface area is 212 Å². The van der Waals surface area contributed by atoms with Gasteiger partial charge < -0.3 is 19.7 Å². The predicted octanol–water partition coefficient (Wildman–Crippen LogP) is 6.49. The molecule has 0 atom stereocenters. The summed E-state index contributed by atoms with van der Waals surface area (Å²) in [7, 11) is 0. The molecule has 1 aromatic heterocycles. The highest BCUT2D eigenvalue weighted by Crippen LogP contribution is 2.45. The molecule has 0 aliphatic heterocycles. The summed E-state index contributed by atoms with van der Waals surface area (Å²) in [5, 5.41) is 31.6. The van der Waals surface area contributed by atoms with E-state index in [1.54, 1.807) is 36.4 Å². The average Bonchev–Trinajstić information content (AvgIpc) is 2.85. The number of aromatic carboxylic acids is 1. The number of halogens is 2. The van der Waals surface area contributed by atoms with Gasteiger partial charge in [0.15, 0.2) is 11.0 Å². The minimum absolute atomic E-state index is 0.00547. The number of phenolic OH excluding ortho intramolecular Hbond substituents is 1. The van der Waals surface area contributed by atoms with E-state index in [0.29, 0.717) is 32.7 Å². The van der Waals surface area contributed by atoms with E-state index in [9.17, 15) is 24.6 Å². The average molecular weight is 523 g/mol. The zero-order chi connectivity index (χ0) is 25.7. The first-order valence-corrected chi connectivity index (χ1v) is 11.5. The van der Waals surface area contributed by atoms with Gasteiger partial charge in [-0.25, -0.2) is 4.79 Å². The number of aromatic hydroxyl groups is 1. The molecule has 3 N–H and O–H groups in total. The lowest BCUT2D eigenvalue weighted by molar-refractivity contribution is -0.136. The number of phenols is 1. The Hall–Kier alpha value is -4.07. The number of fused-ring (bicyclic) bond motifs is 4. The van der Waals surface area contributed by atoms with Crippen LogP contribution in [-0.4, -0.2) is 27.3 Å². The highest BCUT2D eigenvalue weighted by molar-refractivity contribution is 6.37. The van der Waals surface area contributed by atoms with Gasteiger partial charge >= 0.3 is 11.9 Å². The van der Waals surface area contributed by atoms with Gasteiger partial charge in [-0.3, -0.25) is 9.59 Å². The van der Waals surface area contributed by atoms with Crippen molar-refractivity contribution in [1.82, 2.24) is 0 Å². The molecule has 0 aliphatic rings. The number of hydrogen-bond acceptors (Lipinski definition) is 5. The zero-order valence-corrected chi connectivity index (χ0v) is 19.9. The largest absolute Gasteiger partial charge is 0.506 e. The Morgan fingerprint density at radius 1 is 0.889 bits per heavy atom. The molecule has 1 heterocycles. The first kappa shape index (κ1) is 23.7. The highest BCUT2D eigenvalue weighted by Gasteiger charge is 2.23. The Balaban J connectivity index is 2.01. The van der Waals surface area contributed by atoms with Crippen molar-refractivity contribution >= 4 is 67.9 Å². The van der Waals surface area contributed by atoms with Gasteiger partial charge in [-0.05, 0) is 53.3 Å². The predicted molar refractivity (Wildman–Crippen MR) is 138 cm³/mol. The monoisotopic (exact) mass is 522 g/mol. The number of benzene rings is 4. The topological polar surface area (TPSA) is 125 Å². The van der Waals surface area contributed by atoms with Crippen LogP contribution >= 0.6 is 23.2 Å². The summed E-state index contributed by atoms with van der Waals surface area (Å²) < 4.78 is 6.19. The molecule has 0 radical (unpaired) electrons. The molecule has 0 saturated heterocycles. The van der Waals surface area contributed by atoms with E-state index in [-0.39, 0.29) is 56.4 Å². The van der Waals surface area contributed by atoms with Crippen molar-refractivity contribution in [3.63, 3.8) is 0 Å². The molecule has 7 nitrogen and oxygen atoms in total. The van der Waals surface area contributed by atoms with E-state index in [1.165, 1.54) is 18.2 Å². The van der Waals surface area contributed by atoms with Crippen LogP contribution < -0.4 is 5.43 Å². The maximum Gasteiger partial charge on any atom is 0.336 e. The SMILES string of the molecule is O=C(O)CCc1cc2c(-c3ccccc3C(=O)O)c3ccc4cc(=O)c(Cl)cc4c3oc2c(Cl)c1O. The number of carboxylic acids is 2. The summed E-state index contributed by atoms with van der Waals surface area (Å²) in [6.07, 6.45) is -0.254. The van der Waals surface area contributed by atoms with Gasteiger partial charge in [0.2, 0.25) is 0 Å². The molecular formula is C27H16Cl2O7. The Bertz CT molecular complexity index is 1800. The van der Waals surface area contributed by atoms with Gasteiger partial charge in [-0.2, -0.15) is 0 Å². The van der Waals surface area contributed by atoms with Crippen molar-refractivity contribution in [3.05, 3.63) is 86.0 Å². The van der Waals surface area contributed by atoms with Crippen LogP contribution in [0.1, 0.15) is 22.3 Å². The van der Waals surface area contributed by atoms with E-state index in [0.717, 1.165) is 0 Å². The van der Waals surface area contributed by atoms with Crippen LogP contribution in [0.3, 0.4) is 0 Å². The fourth-order valence-electron chi connectivity index (χ4n) is 4.42. The van der Waals surface area contributed by atoms with Crippen molar-refractivity contribution in [2.75, 3.05) is 0 Å². The quantitative estimate of drug-likeness (QED) is 0.178. The third kappa shape index (κ3) is 3.82. The second-order valence-electron chi connectivity index (χ2n) is 8.24. The number of carbonyl (C=O) groups is 2. The normalized spacial score (nSPS) is 11.4. The molecular weight excluding hydrogens is 507 g/mol. The van der Waals surface area contributed by atoms with Gasteiger partial charge in [0.1, 0.15) is 16.4 Å². The summed E-state index contributed by atoms with van der Waals surface area (Å²) in [6.45, 7) is 0. The number of rotatable bonds is 5. The lowest BCUT2D eigenvalue weighted by Crippen LogP contribution is -2.02. The Morgan fingerprint density at radius 3 is 2.36 bits per heavy atom. The summed E-state index contributed by atoms with van der Waals surface area (Å²) >= 11 is 12.7. The third-order valence-electron chi connectivity index (χ3n) is 6.08. The molecule has 5 rings (SSSR count). The molecule has 36 heavy (non-hydrogen) atoms. The van der Waals surface area contributed by atoms with Gasteiger partial charge in [-0.1, -0.05) is 47.5 Å². The van der Waals surface area contributed by atoms with E-state index < -0.39 is 11.9 Å². The first-order valence-electron chi connectivity index (χ1n) is 10.7. The van der Waals surface area contributed by atoms with Crippen LogP contribution in [0.2, 0.25) is 10.0 Å². The maximum absolute atomic E-state index is 12.1. The lowest BCUT2D eigenvalue weighted by Gasteiger charge is -2.17. The molecule has 0 aliphatic carbocycles. The zero-order valence-electron chi connectivity index (χ0n) is 18.3. The van der Waals surface area contributed by atoms with E-state index in [2.05, 4.69) is 0 Å². The van der Waals surface area contributed by atoms with Gasteiger partial charge in [0, 0.05) is 28.1 Å². The molecule has 0 spiro atoms. The van der Waals surface area contributed by atoms with Crippen LogP contribution in [0.4, 0.5) is 0 Å². The van der Waals surface area contributed by atoms with Crippen molar-refractivity contribution in [2.24, 2.45) is 0 Å². The van der Waals surface area contributed by atoms with Gasteiger partial charge in [0.05, 0.1) is 10.6 Å². The van der Waals surface area contributed by atoms with Crippen molar-refractivity contribution < 1.29 is 29.3 Å². The molecule has 5 aromatic rings. The third-order valence-corrected chi connectivity index (χ3v) is 6.72. The number of aliphatic carboxylic acids is 1.